The van der Waals surface area contributed by atoms with E-state index in [9.17, 15) is 21.6 Å². The van der Waals surface area contributed by atoms with Gasteiger partial charge in [-0.25, -0.2) is 8.42 Å². The van der Waals surface area contributed by atoms with E-state index in [2.05, 4.69) is 0 Å². The summed E-state index contributed by atoms with van der Waals surface area (Å²) in [5.41, 5.74) is 1.58. The predicted octanol–water partition coefficient (Wildman–Crippen LogP) is 4.10. The van der Waals surface area contributed by atoms with Crippen LogP contribution in [0.1, 0.15) is 11.1 Å². The van der Waals surface area contributed by atoms with Crippen LogP contribution in [0.3, 0.4) is 0 Å². The van der Waals surface area contributed by atoms with Crippen molar-refractivity contribution in [1.29, 1.82) is 0 Å². The largest absolute Gasteiger partial charge is 0.407 e. The van der Waals surface area contributed by atoms with E-state index >= 15 is 0 Å². The van der Waals surface area contributed by atoms with Gasteiger partial charge in [0.2, 0.25) is 9.84 Å². The Labute approximate surface area is 150 Å². The van der Waals surface area contributed by atoms with Gasteiger partial charge in [0, 0.05) is 13.1 Å². The topological polar surface area (TPSA) is 37.4 Å². The number of rotatable bonds is 4. The summed E-state index contributed by atoms with van der Waals surface area (Å²) < 4.78 is 65.9. The highest BCUT2D eigenvalue weighted by molar-refractivity contribution is 7.95. The molecular weight excluding hydrogens is 363 g/mol. The average Bonchev–Trinajstić information content (AvgIpc) is 3.01. The maximum atomic E-state index is 13.4. The molecule has 3 nitrogen and oxygen atoms in total. The van der Waals surface area contributed by atoms with Gasteiger partial charge in [0.15, 0.2) is 0 Å². The SMILES string of the molecule is Cc1ccc(S(=O)(=O)C2=C[C@@H](C(F)(F)F)N(Cc3ccccc3)C2)cc1. The third-order valence-electron chi connectivity index (χ3n) is 4.34. The van der Waals surface area contributed by atoms with Crippen molar-refractivity contribution in [1.82, 2.24) is 4.90 Å². The Hall–Kier alpha value is -2.12. The highest BCUT2D eigenvalue weighted by Gasteiger charge is 2.47. The van der Waals surface area contributed by atoms with E-state index in [1.807, 2.05) is 6.92 Å². The monoisotopic (exact) mass is 381 g/mol. The van der Waals surface area contributed by atoms with Crippen molar-refractivity contribution in [3.8, 4) is 0 Å². The van der Waals surface area contributed by atoms with E-state index in [-0.39, 0.29) is 22.9 Å². The fourth-order valence-electron chi connectivity index (χ4n) is 2.95. The Kier molecular flexibility index (Phi) is 4.94. The highest BCUT2D eigenvalue weighted by atomic mass is 32.2. The molecule has 138 valence electrons. The lowest BCUT2D eigenvalue weighted by molar-refractivity contribution is -0.167. The third kappa shape index (κ3) is 3.83. The molecule has 0 fully saturated rings. The quantitative estimate of drug-likeness (QED) is 0.800. The highest BCUT2D eigenvalue weighted by Crippen LogP contribution is 2.35. The number of hydrogen-bond acceptors (Lipinski definition) is 3. The van der Waals surface area contributed by atoms with E-state index < -0.39 is 22.1 Å². The zero-order valence-electron chi connectivity index (χ0n) is 14.1. The van der Waals surface area contributed by atoms with Gasteiger partial charge in [-0.1, -0.05) is 48.0 Å². The molecule has 2 aromatic carbocycles. The number of halogens is 3. The molecule has 0 spiro atoms. The Morgan fingerprint density at radius 2 is 1.65 bits per heavy atom. The van der Waals surface area contributed by atoms with Crippen molar-refractivity contribution in [3.05, 3.63) is 76.7 Å². The standard InChI is InChI=1S/C19H18F3NO2S/c1-14-7-9-16(10-8-14)26(24,25)17-11-18(19(20,21)22)23(13-17)12-15-5-3-2-4-6-15/h2-11,18H,12-13H2,1H3/t18-/m0/s1. The predicted molar refractivity (Wildman–Crippen MR) is 93.1 cm³/mol. The van der Waals surface area contributed by atoms with Crippen LogP contribution in [-0.2, 0) is 16.4 Å². The van der Waals surface area contributed by atoms with Crippen molar-refractivity contribution >= 4 is 9.84 Å². The van der Waals surface area contributed by atoms with Gasteiger partial charge < -0.3 is 0 Å². The van der Waals surface area contributed by atoms with Gasteiger partial charge in [-0.3, -0.25) is 4.90 Å². The molecule has 0 bridgehead atoms. The summed E-state index contributed by atoms with van der Waals surface area (Å²) in [6.07, 6.45) is -3.71. The van der Waals surface area contributed by atoms with Gasteiger partial charge in [-0.2, -0.15) is 13.2 Å². The maximum Gasteiger partial charge on any atom is 0.407 e. The molecule has 1 atom stereocenters. The van der Waals surface area contributed by atoms with Crippen LogP contribution < -0.4 is 0 Å². The number of hydrogen-bond donors (Lipinski definition) is 0. The van der Waals surface area contributed by atoms with Crippen molar-refractivity contribution in [2.75, 3.05) is 6.54 Å². The van der Waals surface area contributed by atoms with Crippen molar-refractivity contribution in [2.45, 2.75) is 30.6 Å². The molecule has 0 aromatic heterocycles. The summed E-state index contributed by atoms with van der Waals surface area (Å²) in [7, 11) is -3.95. The zero-order valence-corrected chi connectivity index (χ0v) is 14.9. The van der Waals surface area contributed by atoms with Gasteiger partial charge in [0.25, 0.3) is 0 Å². The molecule has 0 amide bonds. The van der Waals surface area contributed by atoms with Gasteiger partial charge in [-0.05, 0) is 30.7 Å². The summed E-state index contributed by atoms with van der Waals surface area (Å²) in [4.78, 5) is 0.938. The van der Waals surface area contributed by atoms with Crippen molar-refractivity contribution < 1.29 is 21.6 Å². The first-order valence-corrected chi connectivity index (χ1v) is 9.53. The second-order valence-corrected chi connectivity index (χ2v) is 8.33. The second kappa shape index (κ2) is 6.89. The number of aryl methyl sites for hydroxylation is 1. The van der Waals surface area contributed by atoms with Gasteiger partial charge in [0.05, 0.1) is 9.80 Å². The average molecular weight is 381 g/mol. The minimum atomic E-state index is -4.54. The molecule has 7 heteroatoms. The normalized spacial score (nSPS) is 18.8. The Morgan fingerprint density at radius 3 is 2.23 bits per heavy atom. The van der Waals surface area contributed by atoms with Crippen LogP contribution in [0, 0.1) is 6.92 Å². The van der Waals surface area contributed by atoms with E-state index in [0.717, 1.165) is 16.5 Å². The fourth-order valence-corrected chi connectivity index (χ4v) is 4.39. The molecule has 0 saturated heterocycles. The zero-order chi connectivity index (χ0) is 18.9. The first-order valence-electron chi connectivity index (χ1n) is 8.05. The lowest BCUT2D eigenvalue weighted by Gasteiger charge is -2.26. The Bertz CT molecular complexity index is 904. The van der Waals surface area contributed by atoms with Crippen LogP contribution in [0.5, 0.6) is 0 Å². The molecule has 0 N–H and O–H groups in total. The number of sulfone groups is 1. The first-order chi connectivity index (χ1) is 12.2. The van der Waals surface area contributed by atoms with Crippen LogP contribution in [0.15, 0.2) is 70.5 Å². The van der Waals surface area contributed by atoms with Gasteiger partial charge in [-0.15, -0.1) is 0 Å². The maximum absolute atomic E-state index is 13.4. The molecule has 0 radical (unpaired) electrons. The van der Waals surface area contributed by atoms with Crippen LogP contribution in [0.2, 0.25) is 0 Å². The molecule has 2 aromatic rings. The van der Waals surface area contributed by atoms with Crippen molar-refractivity contribution in [3.63, 3.8) is 0 Å². The lowest BCUT2D eigenvalue weighted by Crippen LogP contribution is -2.41. The summed E-state index contributed by atoms with van der Waals surface area (Å²) >= 11 is 0. The van der Waals surface area contributed by atoms with E-state index in [4.69, 9.17) is 0 Å². The molecule has 3 rings (SSSR count). The first kappa shape index (κ1) is 18.7. The molecule has 26 heavy (non-hydrogen) atoms. The second-order valence-electron chi connectivity index (χ2n) is 6.33. The summed E-state index contributed by atoms with van der Waals surface area (Å²) in [6.45, 7) is 1.57. The van der Waals surface area contributed by atoms with Gasteiger partial charge >= 0.3 is 6.18 Å². The minimum Gasteiger partial charge on any atom is -0.280 e. The van der Waals surface area contributed by atoms with Crippen molar-refractivity contribution in [2.24, 2.45) is 0 Å². The molecule has 1 heterocycles. The Balaban J connectivity index is 1.92. The molecule has 0 aliphatic carbocycles. The molecule has 1 aliphatic heterocycles. The number of nitrogens with zero attached hydrogens (tertiary/aromatic N) is 1. The summed E-state index contributed by atoms with van der Waals surface area (Å²) in [5, 5.41) is 0. The smallest absolute Gasteiger partial charge is 0.280 e. The van der Waals surface area contributed by atoms with Crippen LogP contribution in [0.4, 0.5) is 13.2 Å². The molecule has 1 aliphatic rings. The minimum absolute atomic E-state index is 0.0110. The lowest BCUT2D eigenvalue weighted by atomic mass is 10.2. The summed E-state index contributed by atoms with van der Waals surface area (Å²) in [6, 6.07) is 12.9. The van der Waals surface area contributed by atoms with E-state index in [1.54, 1.807) is 42.5 Å². The molecule has 0 unspecified atom stereocenters. The van der Waals surface area contributed by atoms with Crippen LogP contribution in [0.25, 0.3) is 0 Å². The molecular formula is C19H18F3NO2S. The van der Waals surface area contributed by atoms with Crippen LogP contribution >= 0.6 is 0 Å². The number of alkyl halides is 3. The third-order valence-corrected chi connectivity index (χ3v) is 6.18. The van der Waals surface area contributed by atoms with Crippen LogP contribution in [-0.4, -0.2) is 32.1 Å². The van der Waals surface area contributed by atoms with Gasteiger partial charge in [0.1, 0.15) is 6.04 Å². The summed E-state index contributed by atoms with van der Waals surface area (Å²) in [5.74, 6) is 0. The van der Waals surface area contributed by atoms with E-state index in [1.165, 1.54) is 12.1 Å². The number of benzene rings is 2. The molecule has 0 saturated carbocycles. The fraction of sp³-hybridized carbons (Fsp3) is 0.263. The Morgan fingerprint density at radius 1 is 1.04 bits per heavy atom. The van der Waals surface area contributed by atoms with E-state index in [0.29, 0.717) is 5.56 Å².